The molecule has 8 nitrogen and oxygen atoms in total. The minimum Gasteiger partial charge on any atom is -0.494 e. The number of rotatable bonds is 15. The van der Waals surface area contributed by atoms with E-state index in [2.05, 4.69) is 12.2 Å². The standard InChI is InChI=1S/C28H41N3O5S/c1-6-8-18-29-28(33)23(4)30(21-24-12-9-11-22(3)20-24)27(32)13-10-19-31(37(5,34)35)25-14-16-26(17-15-25)36-7-2/h9,11-12,14-17,20,23H,6-8,10,13,18-19,21H2,1-5H3,(H,29,33)/t23-/m0/s1. The third kappa shape index (κ3) is 9.72. The van der Waals surface area contributed by atoms with Crippen LogP contribution in [0.4, 0.5) is 5.69 Å². The van der Waals surface area contributed by atoms with Gasteiger partial charge in [0.1, 0.15) is 11.8 Å². The Kier molecular flexibility index (Phi) is 11.9. The second kappa shape index (κ2) is 14.6. The van der Waals surface area contributed by atoms with Crippen LogP contribution in [-0.2, 0) is 26.2 Å². The molecule has 0 aliphatic heterocycles. The van der Waals surface area contributed by atoms with Gasteiger partial charge >= 0.3 is 0 Å². The first-order chi connectivity index (χ1) is 17.6. The second-order valence-electron chi connectivity index (χ2n) is 9.20. The largest absolute Gasteiger partial charge is 0.494 e. The van der Waals surface area contributed by atoms with Crippen molar-refractivity contribution in [3.8, 4) is 5.75 Å². The van der Waals surface area contributed by atoms with Crippen molar-refractivity contribution in [2.24, 2.45) is 0 Å². The third-order valence-electron chi connectivity index (χ3n) is 6.02. The fourth-order valence-electron chi connectivity index (χ4n) is 4.01. The van der Waals surface area contributed by atoms with E-state index in [9.17, 15) is 18.0 Å². The van der Waals surface area contributed by atoms with E-state index in [-0.39, 0.29) is 24.8 Å². The lowest BCUT2D eigenvalue weighted by Crippen LogP contribution is -2.48. The highest BCUT2D eigenvalue weighted by Crippen LogP contribution is 2.22. The van der Waals surface area contributed by atoms with E-state index in [0.29, 0.717) is 37.6 Å². The first kappa shape index (κ1) is 30.2. The first-order valence-electron chi connectivity index (χ1n) is 12.9. The predicted octanol–water partition coefficient (Wildman–Crippen LogP) is 4.27. The Morgan fingerprint density at radius 3 is 2.35 bits per heavy atom. The number of unbranched alkanes of at least 4 members (excludes halogenated alkanes) is 1. The van der Waals surface area contributed by atoms with Crippen molar-refractivity contribution in [1.29, 1.82) is 0 Å². The summed E-state index contributed by atoms with van der Waals surface area (Å²) in [4.78, 5) is 27.7. The van der Waals surface area contributed by atoms with E-state index < -0.39 is 16.1 Å². The van der Waals surface area contributed by atoms with Gasteiger partial charge in [-0.3, -0.25) is 13.9 Å². The van der Waals surface area contributed by atoms with Crippen LogP contribution in [0, 0.1) is 6.92 Å². The summed E-state index contributed by atoms with van der Waals surface area (Å²) in [5, 5.41) is 2.91. The van der Waals surface area contributed by atoms with Crippen LogP contribution in [0.3, 0.4) is 0 Å². The lowest BCUT2D eigenvalue weighted by Gasteiger charge is -2.29. The molecular weight excluding hydrogens is 490 g/mol. The van der Waals surface area contributed by atoms with Gasteiger partial charge in [0.15, 0.2) is 0 Å². The molecule has 204 valence electrons. The average molecular weight is 532 g/mol. The van der Waals surface area contributed by atoms with Gasteiger partial charge < -0.3 is 15.0 Å². The van der Waals surface area contributed by atoms with Crippen molar-refractivity contribution < 1.29 is 22.7 Å². The summed E-state index contributed by atoms with van der Waals surface area (Å²) < 4.78 is 31.7. The highest BCUT2D eigenvalue weighted by molar-refractivity contribution is 7.92. The number of nitrogens with zero attached hydrogens (tertiary/aromatic N) is 2. The number of hydrogen-bond donors (Lipinski definition) is 1. The van der Waals surface area contributed by atoms with E-state index in [0.717, 1.165) is 30.2 Å². The number of carbonyl (C=O) groups is 2. The maximum atomic E-state index is 13.4. The topological polar surface area (TPSA) is 96.0 Å². The number of amides is 2. The Morgan fingerprint density at radius 2 is 1.76 bits per heavy atom. The van der Waals surface area contributed by atoms with Gasteiger partial charge in [0.2, 0.25) is 21.8 Å². The van der Waals surface area contributed by atoms with Crippen LogP contribution in [0.1, 0.15) is 57.6 Å². The van der Waals surface area contributed by atoms with E-state index in [4.69, 9.17) is 4.74 Å². The molecule has 2 aromatic rings. The minimum atomic E-state index is -3.55. The lowest BCUT2D eigenvalue weighted by molar-refractivity contribution is -0.140. The fourth-order valence-corrected chi connectivity index (χ4v) is 4.97. The fraction of sp³-hybridized carbons (Fsp3) is 0.500. The molecule has 0 fully saturated rings. The van der Waals surface area contributed by atoms with Crippen molar-refractivity contribution in [3.05, 3.63) is 59.7 Å². The summed E-state index contributed by atoms with van der Waals surface area (Å²) >= 11 is 0. The van der Waals surface area contributed by atoms with Gasteiger partial charge in [0.05, 0.1) is 18.6 Å². The minimum absolute atomic E-state index is 0.113. The SMILES string of the molecule is CCCCNC(=O)[C@H](C)N(Cc1cccc(C)c1)C(=O)CCCN(c1ccc(OCC)cc1)S(C)(=O)=O. The van der Waals surface area contributed by atoms with Crippen LogP contribution in [-0.4, -0.2) is 57.1 Å². The summed E-state index contributed by atoms with van der Waals surface area (Å²) in [7, 11) is -3.55. The summed E-state index contributed by atoms with van der Waals surface area (Å²) in [6.07, 6.45) is 3.41. The Labute approximate surface area is 222 Å². The highest BCUT2D eigenvalue weighted by atomic mass is 32.2. The van der Waals surface area contributed by atoms with Gasteiger partial charge in [0, 0.05) is 26.1 Å². The normalized spacial score (nSPS) is 12.0. The van der Waals surface area contributed by atoms with E-state index in [1.807, 2.05) is 38.1 Å². The molecule has 0 bridgehead atoms. The monoisotopic (exact) mass is 531 g/mol. The van der Waals surface area contributed by atoms with Crippen molar-refractivity contribution in [2.45, 2.75) is 66.0 Å². The van der Waals surface area contributed by atoms with Gasteiger partial charge in [-0.05, 0) is 63.4 Å². The molecule has 9 heteroatoms. The predicted molar refractivity (Wildman–Crippen MR) is 148 cm³/mol. The molecule has 0 heterocycles. The molecule has 0 aliphatic carbocycles. The summed E-state index contributed by atoms with van der Waals surface area (Å²) in [5.41, 5.74) is 2.52. The number of aryl methyl sites for hydroxylation is 1. The van der Waals surface area contributed by atoms with E-state index in [1.54, 1.807) is 36.1 Å². The van der Waals surface area contributed by atoms with Gasteiger partial charge in [-0.2, -0.15) is 0 Å². The zero-order valence-electron chi connectivity index (χ0n) is 22.7. The second-order valence-corrected chi connectivity index (χ2v) is 11.1. The van der Waals surface area contributed by atoms with Crippen molar-refractivity contribution in [2.75, 3.05) is 30.3 Å². The van der Waals surface area contributed by atoms with Crippen LogP contribution >= 0.6 is 0 Å². The molecule has 0 aromatic heterocycles. The molecule has 0 radical (unpaired) electrons. The third-order valence-corrected chi connectivity index (χ3v) is 7.21. The molecule has 37 heavy (non-hydrogen) atoms. The molecule has 2 rings (SSSR count). The Bertz CT molecular complexity index is 1120. The number of ether oxygens (including phenoxy) is 1. The maximum absolute atomic E-state index is 13.4. The van der Waals surface area contributed by atoms with E-state index >= 15 is 0 Å². The van der Waals surface area contributed by atoms with Gasteiger partial charge in [0.25, 0.3) is 0 Å². The van der Waals surface area contributed by atoms with Crippen LogP contribution in [0.15, 0.2) is 48.5 Å². The molecule has 1 N–H and O–H groups in total. The molecule has 0 unspecified atom stereocenters. The summed E-state index contributed by atoms with van der Waals surface area (Å²) in [5.74, 6) is 0.272. The highest BCUT2D eigenvalue weighted by Gasteiger charge is 2.26. The summed E-state index contributed by atoms with van der Waals surface area (Å²) in [6.45, 7) is 9.19. The maximum Gasteiger partial charge on any atom is 0.242 e. The van der Waals surface area contributed by atoms with Gasteiger partial charge in [-0.1, -0.05) is 43.2 Å². The van der Waals surface area contributed by atoms with Crippen LogP contribution in [0.2, 0.25) is 0 Å². The number of hydrogen-bond acceptors (Lipinski definition) is 5. The number of anilines is 1. The lowest BCUT2D eigenvalue weighted by atomic mass is 10.1. The molecule has 0 saturated carbocycles. The molecule has 0 saturated heterocycles. The quantitative estimate of drug-likeness (QED) is 0.346. The Morgan fingerprint density at radius 1 is 1.05 bits per heavy atom. The zero-order valence-corrected chi connectivity index (χ0v) is 23.5. The van der Waals surface area contributed by atoms with Crippen LogP contribution < -0.4 is 14.4 Å². The molecule has 0 spiro atoms. The number of benzene rings is 2. The Hall–Kier alpha value is -3.07. The Balaban J connectivity index is 2.13. The molecule has 2 amide bonds. The number of nitrogens with one attached hydrogen (secondary N) is 1. The van der Waals surface area contributed by atoms with Gasteiger partial charge in [-0.15, -0.1) is 0 Å². The first-order valence-corrected chi connectivity index (χ1v) is 14.7. The zero-order chi connectivity index (χ0) is 27.4. The van der Waals surface area contributed by atoms with Crippen LogP contribution in [0.25, 0.3) is 0 Å². The van der Waals surface area contributed by atoms with Crippen molar-refractivity contribution in [1.82, 2.24) is 10.2 Å². The molecule has 2 aromatic carbocycles. The molecular formula is C28H41N3O5S. The molecule has 1 atom stereocenters. The summed E-state index contributed by atoms with van der Waals surface area (Å²) in [6, 6.07) is 14.0. The van der Waals surface area contributed by atoms with Crippen molar-refractivity contribution >= 4 is 27.5 Å². The molecule has 0 aliphatic rings. The smallest absolute Gasteiger partial charge is 0.242 e. The van der Waals surface area contributed by atoms with Crippen LogP contribution in [0.5, 0.6) is 5.75 Å². The average Bonchev–Trinajstić information content (AvgIpc) is 2.85. The van der Waals surface area contributed by atoms with E-state index in [1.165, 1.54) is 4.31 Å². The number of sulfonamides is 1. The number of carbonyl (C=O) groups excluding carboxylic acids is 2. The van der Waals surface area contributed by atoms with Gasteiger partial charge in [-0.25, -0.2) is 8.42 Å². The van der Waals surface area contributed by atoms with Crippen molar-refractivity contribution in [3.63, 3.8) is 0 Å².